The summed E-state index contributed by atoms with van der Waals surface area (Å²) in [6.45, 7) is 16.9. The predicted molar refractivity (Wildman–Crippen MR) is 203 cm³/mol. The molecule has 0 aliphatic carbocycles. The lowest BCUT2D eigenvalue weighted by Crippen LogP contribution is -2.59. The molecule has 15 nitrogen and oxygen atoms in total. The van der Waals surface area contributed by atoms with Crippen molar-refractivity contribution in [3.8, 4) is 0 Å². The quantitative estimate of drug-likeness (QED) is 0.117. The molecule has 0 aliphatic heterocycles. The second-order valence-electron chi connectivity index (χ2n) is 15.5. The number of carbonyl (C=O) groups is 6. The van der Waals surface area contributed by atoms with E-state index in [4.69, 9.17) is 14.2 Å². The molecule has 16 heteroatoms. The number of hydrogen-bond donors (Lipinski definition) is 4. The van der Waals surface area contributed by atoms with E-state index in [-0.39, 0.29) is 19.4 Å². The molecule has 1 aromatic rings. The number of benzene rings is 1. The van der Waals surface area contributed by atoms with E-state index in [0.29, 0.717) is 6.42 Å². The molecular formula is C38H60N4O11S. The van der Waals surface area contributed by atoms with Crippen molar-refractivity contribution in [2.24, 2.45) is 11.8 Å². The predicted octanol–water partition coefficient (Wildman–Crippen LogP) is 3.85. The van der Waals surface area contributed by atoms with Gasteiger partial charge in [0.05, 0.1) is 12.5 Å². The molecule has 54 heavy (non-hydrogen) atoms. The van der Waals surface area contributed by atoms with Gasteiger partial charge < -0.3 is 35.5 Å². The Bertz CT molecular complexity index is 1570. The third kappa shape index (κ3) is 20.1. The van der Waals surface area contributed by atoms with Gasteiger partial charge in [-0.2, -0.15) is 0 Å². The SMILES string of the molecule is CCC(C)C(NC(=O)[C@H](CCC(=O)OC(C)(C)C)NC(=O)[C@@H](NC(=O)OCc1ccccc1)C(C)C)C(=O)N[C@H](/C=C/S(C)(=O)=O)CC(=O)OC(C)(C)C. The van der Waals surface area contributed by atoms with Gasteiger partial charge in [0, 0.05) is 18.1 Å². The van der Waals surface area contributed by atoms with Gasteiger partial charge in [-0.15, -0.1) is 0 Å². The van der Waals surface area contributed by atoms with Gasteiger partial charge in [0.25, 0.3) is 0 Å². The Morgan fingerprint density at radius 1 is 0.759 bits per heavy atom. The molecule has 0 aliphatic rings. The van der Waals surface area contributed by atoms with E-state index in [1.807, 2.05) is 6.07 Å². The van der Waals surface area contributed by atoms with Gasteiger partial charge in [0.15, 0.2) is 9.84 Å². The van der Waals surface area contributed by atoms with Crippen molar-refractivity contribution in [3.05, 3.63) is 47.4 Å². The van der Waals surface area contributed by atoms with Crippen molar-refractivity contribution in [2.45, 2.75) is 137 Å². The molecule has 304 valence electrons. The van der Waals surface area contributed by atoms with Crippen LogP contribution in [-0.2, 0) is 54.6 Å². The fourth-order valence-electron chi connectivity index (χ4n) is 4.81. The number of ether oxygens (including phenoxy) is 3. The first-order chi connectivity index (χ1) is 24.8. The molecule has 1 aromatic carbocycles. The number of sulfone groups is 1. The van der Waals surface area contributed by atoms with E-state index in [1.54, 1.807) is 93.5 Å². The summed E-state index contributed by atoms with van der Waals surface area (Å²) in [7, 11) is -3.64. The number of hydrogen-bond acceptors (Lipinski definition) is 11. The third-order valence-electron chi connectivity index (χ3n) is 7.61. The highest BCUT2D eigenvalue weighted by Crippen LogP contribution is 2.15. The highest BCUT2D eigenvalue weighted by Gasteiger charge is 2.34. The summed E-state index contributed by atoms with van der Waals surface area (Å²) in [5.41, 5.74) is -0.920. The van der Waals surface area contributed by atoms with Crippen molar-refractivity contribution < 1.29 is 51.4 Å². The first-order valence-electron chi connectivity index (χ1n) is 18.0. The summed E-state index contributed by atoms with van der Waals surface area (Å²) < 4.78 is 39.8. The van der Waals surface area contributed by atoms with Crippen molar-refractivity contribution in [3.63, 3.8) is 0 Å². The smallest absolute Gasteiger partial charge is 0.408 e. The maximum absolute atomic E-state index is 13.9. The Morgan fingerprint density at radius 3 is 1.83 bits per heavy atom. The lowest BCUT2D eigenvalue weighted by molar-refractivity contribution is -0.156. The van der Waals surface area contributed by atoms with Gasteiger partial charge in [0.2, 0.25) is 17.7 Å². The molecule has 0 aromatic heterocycles. The first-order valence-corrected chi connectivity index (χ1v) is 20.0. The molecule has 1 rings (SSSR count). The van der Waals surface area contributed by atoms with E-state index >= 15 is 0 Å². The van der Waals surface area contributed by atoms with Crippen LogP contribution in [0.1, 0.15) is 100 Å². The van der Waals surface area contributed by atoms with E-state index in [0.717, 1.165) is 23.3 Å². The second kappa shape index (κ2) is 21.4. The van der Waals surface area contributed by atoms with Crippen LogP contribution in [0.5, 0.6) is 0 Å². The Morgan fingerprint density at radius 2 is 1.31 bits per heavy atom. The Labute approximate surface area is 320 Å². The van der Waals surface area contributed by atoms with Gasteiger partial charge in [-0.3, -0.25) is 24.0 Å². The second-order valence-corrected chi connectivity index (χ2v) is 17.5. The molecule has 0 radical (unpaired) electrons. The van der Waals surface area contributed by atoms with Crippen LogP contribution in [0.25, 0.3) is 0 Å². The van der Waals surface area contributed by atoms with Gasteiger partial charge in [-0.05, 0) is 65.4 Å². The van der Waals surface area contributed by atoms with Crippen LogP contribution in [0.4, 0.5) is 4.79 Å². The Balaban J connectivity index is 3.34. The average molecular weight is 781 g/mol. The molecule has 0 heterocycles. The van der Waals surface area contributed by atoms with Gasteiger partial charge >= 0.3 is 18.0 Å². The van der Waals surface area contributed by atoms with Crippen molar-refractivity contribution in [1.29, 1.82) is 0 Å². The maximum atomic E-state index is 13.9. The van der Waals surface area contributed by atoms with Crippen LogP contribution in [0.3, 0.4) is 0 Å². The van der Waals surface area contributed by atoms with Crippen LogP contribution < -0.4 is 21.3 Å². The molecule has 2 unspecified atom stereocenters. The van der Waals surface area contributed by atoms with E-state index < -0.39 is 99.2 Å². The zero-order valence-corrected chi connectivity index (χ0v) is 34.3. The molecule has 4 N–H and O–H groups in total. The van der Waals surface area contributed by atoms with Gasteiger partial charge in [0.1, 0.15) is 35.9 Å². The summed E-state index contributed by atoms with van der Waals surface area (Å²) >= 11 is 0. The molecular weight excluding hydrogens is 721 g/mol. The van der Waals surface area contributed by atoms with Crippen LogP contribution in [-0.4, -0.2) is 85.8 Å². The number of rotatable bonds is 19. The Kier molecular flexibility index (Phi) is 18.9. The highest BCUT2D eigenvalue weighted by atomic mass is 32.2. The number of carbonyl (C=O) groups excluding carboxylic acids is 6. The number of esters is 2. The zero-order valence-electron chi connectivity index (χ0n) is 33.4. The van der Waals surface area contributed by atoms with Crippen LogP contribution in [0.15, 0.2) is 41.8 Å². The van der Waals surface area contributed by atoms with Crippen molar-refractivity contribution >= 4 is 45.6 Å². The third-order valence-corrected chi connectivity index (χ3v) is 8.26. The standard InChI is InChI=1S/C38H60N4O11S/c1-12-25(4)32(35(47)39-27(20-21-54(11,49)50)22-30(44)53-38(8,9)10)41-33(45)28(18-19-29(43)52-37(5,6)7)40-34(46)31(24(2)3)42-36(48)51-23-26-16-14-13-15-17-26/h13-17,20-21,24-25,27-28,31-32H,12,18-19,22-23H2,1-11H3,(H,39,47)(H,40,46)(H,41,45)(H,42,48)/b21-20+/t25?,27-,28+,31+,32?/m1/s1. The van der Waals surface area contributed by atoms with Crippen LogP contribution >= 0.6 is 0 Å². The van der Waals surface area contributed by atoms with Crippen LogP contribution in [0, 0.1) is 11.8 Å². The molecule has 0 saturated heterocycles. The molecule has 0 spiro atoms. The van der Waals surface area contributed by atoms with E-state index in [2.05, 4.69) is 21.3 Å². The summed E-state index contributed by atoms with van der Waals surface area (Å²) in [5, 5.41) is 11.3. The topological polar surface area (TPSA) is 212 Å². The normalized spacial score (nSPS) is 14.9. The average Bonchev–Trinajstić information content (AvgIpc) is 3.03. The fourth-order valence-corrected chi connectivity index (χ4v) is 5.28. The lowest BCUT2D eigenvalue weighted by atomic mass is 9.96. The minimum absolute atomic E-state index is 0.0399. The molecule has 0 bridgehead atoms. The van der Waals surface area contributed by atoms with E-state index in [1.165, 1.54) is 0 Å². The number of nitrogens with one attached hydrogen (secondary N) is 4. The van der Waals surface area contributed by atoms with E-state index in [9.17, 15) is 37.2 Å². The molecule has 5 atom stereocenters. The van der Waals surface area contributed by atoms with Gasteiger partial charge in [-0.25, -0.2) is 13.2 Å². The lowest BCUT2D eigenvalue weighted by Gasteiger charge is -2.29. The monoisotopic (exact) mass is 780 g/mol. The maximum Gasteiger partial charge on any atom is 0.408 e. The Hall–Kier alpha value is -4.47. The number of alkyl carbamates (subject to hydrolysis) is 1. The van der Waals surface area contributed by atoms with Crippen LogP contribution in [0.2, 0.25) is 0 Å². The van der Waals surface area contributed by atoms with Gasteiger partial charge in [-0.1, -0.05) is 70.5 Å². The molecule has 4 amide bonds. The summed E-state index contributed by atoms with van der Waals surface area (Å²) in [4.78, 5) is 79.3. The first kappa shape index (κ1) is 47.6. The largest absolute Gasteiger partial charge is 0.460 e. The minimum atomic E-state index is -3.64. The minimum Gasteiger partial charge on any atom is -0.460 e. The fraction of sp³-hybridized carbons (Fsp3) is 0.632. The highest BCUT2D eigenvalue weighted by molar-refractivity contribution is 7.93. The van der Waals surface area contributed by atoms with Crippen molar-refractivity contribution in [2.75, 3.05) is 6.26 Å². The molecule has 0 fully saturated rings. The summed E-state index contributed by atoms with van der Waals surface area (Å²) in [6, 6.07) is 4.09. The number of amides is 4. The summed E-state index contributed by atoms with van der Waals surface area (Å²) in [6.07, 6.45) is 0.765. The van der Waals surface area contributed by atoms with Crippen molar-refractivity contribution in [1.82, 2.24) is 21.3 Å². The molecule has 0 saturated carbocycles. The zero-order chi connectivity index (χ0) is 41.4. The summed E-state index contributed by atoms with van der Waals surface area (Å²) in [5.74, 6) is -4.54.